The standard InChI is InChI=1S/C13H15F3N2O4/c1-7-8(3-4-10(17-7)13(14,15)16)11(19)18-9(12(20)21)5-6-22-2/h3-4,9H,5-6H2,1-2H3,(H,18,19)(H,20,21). The maximum atomic E-state index is 12.5. The molecule has 0 spiro atoms. The highest BCUT2D eigenvalue weighted by molar-refractivity contribution is 5.97. The number of nitrogens with zero attached hydrogens (tertiary/aromatic N) is 1. The number of ether oxygens (including phenoxy) is 1. The Morgan fingerprint density at radius 2 is 2.05 bits per heavy atom. The third-order valence-electron chi connectivity index (χ3n) is 2.83. The monoisotopic (exact) mass is 320 g/mol. The quantitative estimate of drug-likeness (QED) is 0.831. The van der Waals surface area contributed by atoms with Crippen molar-refractivity contribution in [1.29, 1.82) is 0 Å². The molecule has 0 bridgehead atoms. The van der Waals surface area contributed by atoms with Crippen molar-refractivity contribution in [3.8, 4) is 0 Å². The molecule has 0 aliphatic carbocycles. The first-order valence-electron chi connectivity index (χ1n) is 6.24. The zero-order chi connectivity index (χ0) is 16.9. The minimum absolute atomic E-state index is 0.0324. The van der Waals surface area contributed by atoms with E-state index in [-0.39, 0.29) is 24.3 Å². The SMILES string of the molecule is COCCC(NC(=O)c1ccc(C(F)(F)F)nc1C)C(=O)O. The van der Waals surface area contributed by atoms with Gasteiger partial charge in [0.1, 0.15) is 11.7 Å². The highest BCUT2D eigenvalue weighted by atomic mass is 19.4. The largest absolute Gasteiger partial charge is 0.480 e. The van der Waals surface area contributed by atoms with Gasteiger partial charge in [0, 0.05) is 20.1 Å². The van der Waals surface area contributed by atoms with Crippen LogP contribution in [0.3, 0.4) is 0 Å². The molecule has 1 aromatic rings. The molecule has 1 heterocycles. The number of nitrogens with one attached hydrogen (secondary N) is 1. The zero-order valence-electron chi connectivity index (χ0n) is 11.9. The van der Waals surface area contributed by atoms with Crippen molar-refractivity contribution in [2.75, 3.05) is 13.7 Å². The first-order valence-corrected chi connectivity index (χ1v) is 6.24. The van der Waals surface area contributed by atoms with Crippen LogP contribution in [-0.2, 0) is 15.7 Å². The highest BCUT2D eigenvalue weighted by Crippen LogP contribution is 2.28. The van der Waals surface area contributed by atoms with E-state index in [9.17, 15) is 22.8 Å². The molecule has 0 radical (unpaired) electrons. The van der Waals surface area contributed by atoms with Gasteiger partial charge in [-0.2, -0.15) is 13.2 Å². The Kier molecular flexibility index (Phi) is 5.86. The van der Waals surface area contributed by atoms with Crippen LogP contribution in [0.5, 0.6) is 0 Å². The summed E-state index contributed by atoms with van der Waals surface area (Å²) < 4.78 is 42.2. The van der Waals surface area contributed by atoms with E-state index < -0.39 is 29.8 Å². The number of rotatable bonds is 6. The maximum Gasteiger partial charge on any atom is 0.433 e. The number of hydrogen-bond donors (Lipinski definition) is 2. The summed E-state index contributed by atoms with van der Waals surface area (Å²) in [6.07, 6.45) is -4.58. The molecule has 9 heteroatoms. The number of alkyl halides is 3. The lowest BCUT2D eigenvalue weighted by Gasteiger charge is -2.15. The predicted octanol–water partition coefficient (Wildman–Crippen LogP) is 1.63. The first kappa shape index (κ1) is 17.9. The molecule has 1 rings (SSSR count). The van der Waals surface area contributed by atoms with Crippen LogP contribution in [0.4, 0.5) is 13.2 Å². The lowest BCUT2D eigenvalue weighted by atomic mass is 10.1. The summed E-state index contributed by atoms with van der Waals surface area (Å²) in [5.74, 6) is -2.06. The van der Waals surface area contributed by atoms with Gasteiger partial charge in [0.25, 0.3) is 5.91 Å². The van der Waals surface area contributed by atoms with Gasteiger partial charge in [0.15, 0.2) is 0 Å². The highest BCUT2D eigenvalue weighted by Gasteiger charge is 2.33. The second kappa shape index (κ2) is 7.21. The Hall–Kier alpha value is -2.16. The van der Waals surface area contributed by atoms with Crippen LogP contribution in [0.2, 0.25) is 0 Å². The number of aliphatic carboxylic acids is 1. The van der Waals surface area contributed by atoms with Gasteiger partial charge in [-0.25, -0.2) is 9.78 Å². The maximum absolute atomic E-state index is 12.5. The zero-order valence-corrected chi connectivity index (χ0v) is 11.9. The van der Waals surface area contributed by atoms with Gasteiger partial charge in [-0.15, -0.1) is 0 Å². The average Bonchev–Trinajstić information content (AvgIpc) is 2.41. The second-order valence-corrected chi connectivity index (χ2v) is 4.47. The molecule has 22 heavy (non-hydrogen) atoms. The van der Waals surface area contributed by atoms with Gasteiger partial charge in [0.05, 0.1) is 11.3 Å². The van der Waals surface area contributed by atoms with Crippen LogP contribution in [0.1, 0.15) is 28.2 Å². The van der Waals surface area contributed by atoms with Crippen molar-refractivity contribution in [2.24, 2.45) is 0 Å². The number of hydrogen-bond acceptors (Lipinski definition) is 4. The van der Waals surface area contributed by atoms with Crippen LogP contribution in [-0.4, -0.2) is 41.7 Å². The number of halogens is 3. The molecule has 122 valence electrons. The number of carboxylic acids is 1. The first-order chi connectivity index (χ1) is 10.2. The number of carbonyl (C=O) groups excluding carboxylic acids is 1. The van der Waals surface area contributed by atoms with Crippen LogP contribution >= 0.6 is 0 Å². The Bertz CT molecular complexity index is 561. The molecular formula is C13H15F3N2O4. The van der Waals surface area contributed by atoms with Gasteiger partial charge in [0.2, 0.25) is 0 Å². The van der Waals surface area contributed by atoms with Crippen molar-refractivity contribution in [2.45, 2.75) is 25.6 Å². The molecule has 6 nitrogen and oxygen atoms in total. The topological polar surface area (TPSA) is 88.5 Å². The Morgan fingerprint density at radius 1 is 1.41 bits per heavy atom. The van der Waals surface area contributed by atoms with E-state index in [1.165, 1.54) is 14.0 Å². The van der Waals surface area contributed by atoms with Gasteiger partial charge in [-0.3, -0.25) is 4.79 Å². The van der Waals surface area contributed by atoms with Crippen LogP contribution < -0.4 is 5.32 Å². The van der Waals surface area contributed by atoms with E-state index in [1.807, 2.05) is 0 Å². The summed E-state index contributed by atoms with van der Waals surface area (Å²) in [7, 11) is 1.38. The average molecular weight is 320 g/mol. The summed E-state index contributed by atoms with van der Waals surface area (Å²) in [4.78, 5) is 26.3. The van der Waals surface area contributed by atoms with Gasteiger partial charge >= 0.3 is 12.1 Å². The van der Waals surface area contributed by atoms with Crippen molar-refractivity contribution in [3.63, 3.8) is 0 Å². The molecule has 0 aromatic carbocycles. The molecule has 0 saturated carbocycles. The fraction of sp³-hybridized carbons (Fsp3) is 0.462. The van der Waals surface area contributed by atoms with Crippen molar-refractivity contribution < 1.29 is 32.6 Å². The van der Waals surface area contributed by atoms with Gasteiger partial charge < -0.3 is 15.2 Å². The van der Waals surface area contributed by atoms with Crippen LogP contribution in [0.25, 0.3) is 0 Å². The second-order valence-electron chi connectivity index (χ2n) is 4.47. The lowest BCUT2D eigenvalue weighted by Crippen LogP contribution is -2.41. The summed E-state index contributed by atoms with van der Waals surface area (Å²) >= 11 is 0. The fourth-order valence-electron chi connectivity index (χ4n) is 1.69. The number of carboxylic acid groups (broad SMARTS) is 1. The molecule has 0 fully saturated rings. The molecule has 0 saturated heterocycles. The summed E-state index contributed by atoms with van der Waals surface area (Å²) in [6, 6.07) is 0.442. The summed E-state index contributed by atoms with van der Waals surface area (Å²) in [5, 5.41) is 11.2. The third-order valence-corrected chi connectivity index (χ3v) is 2.83. The Labute approximate surface area is 124 Å². The smallest absolute Gasteiger partial charge is 0.433 e. The molecule has 1 aromatic heterocycles. The minimum Gasteiger partial charge on any atom is -0.480 e. The van der Waals surface area contributed by atoms with E-state index in [2.05, 4.69) is 10.3 Å². The number of amides is 1. The van der Waals surface area contributed by atoms with Crippen LogP contribution in [0.15, 0.2) is 12.1 Å². The molecule has 0 aliphatic heterocycles. The van der Waals surface area contributed by atoms with E-state index in [4.69, 9.17) is 9.84 Å². The van der Waals surface area contributed by atoms with Crippen LogP contribution in [0, 0.1) is 6.92 Å². The summed E-state index contributed by atoms with van der Waals surface area (Å²) in [6.45, 7) is 1.36. The number of aryl methyl sites for hydroxylation is 1. The van der Waals surface area contributed by atoms with E-state index in [0.29, 0.717) is 6.07 Å². The fourth-order valence-corrected chi connectivity index (χ4v) is 1.69. The molecule has 1 atom stereocenters. The lowest BCUT2D eigenvalue weighted by molar-refractivity contribution is -0.141. The van der Waals surface area contributed by atoms with E-state index >= 15 is 0 Å². The van der Waals surface area contributed by atoms with E-state index in [1.54, 1.807) is 0 Å². The van der Waals surface area contributed by atoms with Crippen molar-refractivity contribution >= 4 is 11.9 Å². The van der Waals surface area contributed by atoms with Gasteiger partial charge in [-0.05, 0) is 19.1 Å². The van der Waals surface area contributed by atoms with E-state index in [0.717, 1.165) is 6.07 Å². The number of carbonyl (C=O) groups is 2. The molecule has 1 unspecified atom stereocenters. The third kappa shape index (κ3) is 4.69. The number of pyridine rings is 1. The van der Waals surface area contributed by atoms with Gasteiger partial charge in [-0.1, -0.05) is 0 Å². The Morgan fingerprint density at radius 3 is 2.50 bits per heavy atom. The number of methoxy groups -OCH3 is 1. The molecule has 2 N–H and O–H groups in total. The van der Waals surface area contributed by atoms with Crippen molar-refractivity contribution in [3.05, 3.63) is 29.1 Å². The summed E-state index contributed by atoms with van der Waals surface area (Å²) in [5.41, 5.74) is -1.37. The molecule has 0 aliphatic rings. The normalized spacial score (nSPS) is 12.8. The minimum atomic E-state index is -4.61. The predicted molar refractivity (Wildman–Crippen MR) is 69.4 cm³/mol. The Balaban J connectivity index is 2.91. The number of aromatic nitrogens is 1. The van der Waals surface area contributed by atoms with Crippen molar-refractivity contribution in [1.82, 2.24) is 10.3 Å². The molecule has 1 amide bonds. The molecular weight excluding hydrogens is 305 g/mol.